The second-order valence-electron chi connectivity index (χ2n) is 8.45. The fourth-order valence-corrected chi connectivity index (χ4v) is 4.26. The third-order valence-electron chi connectivity index (χ3n) is 6.33. The molecule has 8 heteroatoms. The molecule has 1 aromatic carbocycles. The van der Waals surface area contributed by atoms with Gasteiger partial charge in [-0.1, -0.05) is 12.1 Å². The lowest BCUT2D eigenvalue weighted by molar-refractivity contribution is 0.0953. The van der Waals surface area contributed by atoms with Crippen LogP contribution in [0.1, 0.15) is 40.9 Å². The number of ether oxygens (including phenoxy) is 1. The quantitative estimate of drug-likeness (QED) is 0.542. The van der Waals surface area contributed by atoms with E-state index in [1.165, 1.54) is 5.56 Å². The summed E-state index contributed by atoms with van der Waals surface area (Å²) in [7, 11) is 1.70. The minimum Gasteiger partial charge on any atom is -0.497 e. The number of fused-ring (bicyclic) bond motifs is 1. The van der Waals surface area contributed by atoms with Gasteiger partial charge in [-0.15, -0.1) is 10.2 Å². The molecule has 0 aliphatic carbocycles. The highest BCUT2D eigenvalue weighted by Gasteiger charge is 2.21. The Kier molecular flexibility index (Phi) is 7.67. The van der Waals surface area contributed by atoms with Crippen molar-refractivity contribution >= 4 is 5.91 Å². The molecule has 3 aromatic rings. The Hall–Kier alpha value is -3.26. The molecule has 174 valence electrons. The first kappa shape index (κ1) is 22.9. The van der Waals surface area contributed by atoms with E-state index >= 15 is 0 Å². The summed E-state index contributed by atoms with van der Waals surface area (Å²) in [5.41, 5.74) is 1.90. The number of benzene rings is 1. The van der Waals surface area contributed by atoms with E-state index in [1.54, 1.807) is 31.6 Å². The minimum absolute atomic E-state index is 0.115. The molecule has 0 saturated heterocycles. The van der Waals surface area contributed by atoms with Crippen molar-refractivity contribution in [3.8, 4) is 5.75 Å². The van der Waals surface area contributed by atoms with E-state index in [9.17, 15) is 4.79 Å². The van der Waals surface area contributed by atoms with Gasteiger partial charge in [0.25, 0.3) is 5.91 Å². The molecule has 0 unspecified atom stereocenters. The predicted molar refractivity (Wildman–Crippen MR) is 126 cm³/mol. The third kappa shape index (κ3) is 5.96. The number of aromatic nitrogens is 4. The summed E-state index contributed by atoms with van der Waals surface area (Å²) in [6, 6.07) is 12.4. The van der Waals surface area contributed by atoms with Gasteiger partial charge >= 0.3 is 0 Å². The Morgan fingerprint density at radius 3 is 2.73 bits per heavy atom. The number of aryl methyl sites for hydroxylation is 1. The maximum absolute atomic E-state index is 12.2. The average Bonchev–Trinajstić information content (AvgIpc) is 3.11. The van der Waals surface area contributed by atoms with E-state index in [-0.39, 0.29) is 5.91 Å². The summed E-state index contributed by atoms with van der Waals surface area (Å²) < 4.78 is 7.48. The van der Waals surface area contributed by atoms with Gasteiger partial charge < -0.3 is 14.6 Å². The first-order valence-corrected chi connectivity index (χ1v) is 11.6. The first-order valence-electron chi connectivity index (χ1n) is 11.6. The SMILES string of the molecule is COc1ccc(CC[C@@H](C)N2CCc3nnc(CCNC(=O)c4cccnc4)n3CC2)cc1. The van der Waals surface area contributed by atoms with E-state index in [4.69, 9.17) is 4.74 Å². The number of carbonyl (C=O) groups excluding carboxylic acids is 1. The molecule has 1 aliphatic heterocycles. The zero-order valence-corrected chi connectivity index (χ0v) is 19.4. The molecule has 1 N–H and O–H groups in total. The van der Waals surface area contributed by atoms with Gasteiger partial charge in [0.15, 0.2) is 0 Å². The normalized spacial score (nSPS) is 14.8. The highest BCUT2D eigenvalue weighted by molar-refractivity contribution is 5.93. The van der Waals surface area contributed by atoms with Gasteiger partial charge in [0.2, 0.25) is 0 Å². The lowest BCUT2D eigenvalue weighted by Gasteiger charge is -2.27. The van der Waals surface area contributed by atoms with E-state index in [0.29, 0.717) is 24.6 Å². The lowest BCUT2D eigenvalue weighted by atomic mass is 10.0. The van der Waals surface area contributed by atoms with Crippen molar-refractivity contribution in [3.63, 3.8) is 0 Å². The number of amides is 1. The van der Waals surface area contributed by atoms with Gasteiger partial charge in [0.1, 0.15) is 17.4 Å². The Balaban J connectivity index is 1.26. The molecule has 33 heavy (non-hydrogen) atoms. The molecule has 1 atom stereocenters. The highest BCUT2D eigenvalue weighted by atomic mass is 16.5. The molecule has 8 nitrogen and oxygen atoms in total. The van der Waals surface area contributed by atoms with Crippen molar-refractivity contribution in [2.45, 2.75) is 45.2 Å². The zero-order chi connectivity index (χ0) is 23.0. The summed E-state index contributed by atoms with van der Waals surface area (Å²) in [4.78, 5) is 18.8. The number of nitrogens with one attached hydrogen (secondary N) is 1. The largest absolute Gasteiger partial charge is 0.497 e. The number of carbonyl (C=O) groups is 1. The van der Waals surface area contributed by atoms with Crippen molar-refractivity contribution in [1.29, 1.82) is 0 Å². The summed E-state index contributed by atoms with van der Waals surface area (Å²) >= 11 is 0. The Bertz CT molecular complexity index is 1030. The molecule has 0 bridgehead atoms. The second kappa shape index (κ2) is 11.0. The van der Waals surface area contributed by atoms with Crippen LogP contribution in [0.2, 0.25) is 0 Å². The molecule has 1 amide bonds. The van der Waals surface area contributed by atoms with Crippen LogP contribution in [0, 0.1) is 0 Å². The maximum atomic E-state index is 12.2. The molecular formula is C25H32N6O2. The number of nitrogens with zero attached hydrogens (tertiary/aromatic N) is 5. The van der Waals surface area contributed by atoms with Crippen LogP contribution < -0.4 is 10.1 Å². The fraction of sp³-hybridized carbons (Fsp3) is 0.440. The van der Waals surface area contributed by atoms with E-state index in [2.05, 4.69) is 49.0 Å². The summed E-state index contributed by atoms with van der Waals surface area (Å²) in [5, 5.41) is 11.8. The van der Waals surface area contributed by atoms with Gasteiger partial charge in [-0.05, 0) is 49.6 Å². The number of hydrogen-bond donors (Lipinski definition) is 1. The van der Waals surface area contributed by atoms with Crippen molar-refractivity contribution in [2.75, 3.05) is 26.7 Å². The van der Waals surface area contributed by atoms with Crippen LogP contribution in [0.4, 0.5) is 0 Å². The molecule has 4 rings (SSSR count). The topological polar surface area (TPSA) is 85.2 Å². The van der Waals surface area contributed by atoms with Crippen LogP contribution in [-0.2, 0) is 25.8 Å². The predicted octanol–water partition coefficient (Wildman–Crippen LogP) is 2.53. The van der Waals surface area contributed by atoms with Crippen LogP contribution in [0.25, 0.3) is 0 Å². The molecule has 2 aromatic heterocycles. The van der Waals surface area contributed by atoms with Crippen molar-refractivity contribution < 1.29 is 9.53 Å². The molecule has 0 spiro atoms. The maximum Gasteiger partial charge on any atom is 0.252 e. The monoisotopic (exact) mass is 448 g/mol. The molecule has 0 fully saturated rings. The van der Waals surface area contributed by atoms with Crippen LogP contribution in [0.15, 0.2) is 48.8 Å². The lowest BCUT2D eigenvalue weighted by Crippen LogP contribution is -2.36. The van der Waals surface area contributed by atoms with Gasteiger partial charge in [-0.25, -0.2) is 0 Å². The Morgan fingerprint density at radius 2 is 1.97 bits per heavy atom. The zero-order valence-electron chi connectivity index (χ0n) is 19.4. The van der Waals surface area contributed by atoms with E-state index < -0.39 is 0 Å². The van der Waals surface area contributed by atoms with Gasteiger partial charge in [-0.3, -0.25) is 14.7 Å². The van der Waals surface area contributed by atoms with Crippen molar-refractivity contribution in [1.82, 2.24) is 30.0 Å². The van der Waals surface area contributed by atoms with Crippen LogP contribution >= 0.6 is 0 Å². The summed E-state index contributed by atoms with van der Waals surface area (Å²) in [5.74, 6) is 2.75. The highest BCUT2D eigenvalue weighted by Crippen LogP contribution is 2.17. The fourth-order valence-electron chi connectivity index (χ4n) is 4.26. The smallest absolute Gasteiger partial charge is 0.252 e. The molecule has 3 heterocycles. The van der Waals surface area contributed by atoms with Crippen molar-refractivity contribution in [3.05, 3.63) is 71.6 Å². The van der Waals surface area contributed by atoms with Crippen molar-refractivity contribution in [2.24, 2.45) is 0 Å². The molecule has 0 radical (unpaired) electrons. The van der Waals surface area contributed by atoms with Crippen LogP contribution in [0.5, 0.6) is 5.75 Å². The Labute approximate surface area is 195 Å². The number of hydrogen-bond acceptors (Lipinski definition) is 6. The van der Waals surface area contributed by atoms with Gasteiger partial charge in [0, 0.05) is 57.5 Å². The van der Waals surface area contributed by atoms with Gasteiger partial charge in [0.05, 0.1) is 12.7 Å². The molecule has 1 aliphatic rings. The summed E-state index contributed by atoms with van der Waals surface area (Å²) in [6.07, 6.45) is 6.94. The van der Waals surface area contributed by atoms with E-state index in [0.717, 1.165) is 56.3 Å². The van der Waals surface area contributed by atoms with E-state index in [1.807, 2.05) is 12.1 Å². The standard InChI is InChI=1S/C25H32N6O2/c1-19(5-6-20-7-9-22(33-2)10-8-20)30-15-12-24-29-28-23(31(24)17-16-30)11-14-27-25(32)21-4-3-13-26-18-21/h3-4,7-10,13,18-19H,5-6,11-12,14-17H2,1-2H3,(H,27,32)/t19-/m1/s1. The minimum atomic E-state index is -0.115. The second-order valence-corrected chi connectivity index (χ2v) is 8.45. The van der Waals surface area contributed by atoms with Crippen LogP contribution in [-0.4, -0.2) is 63.3 Å². The Morgan fingerprint density at radius 1 is 1.12 bits per heavy atom. The average molecular weight is 449 g/mol. The molecular weight excluding hydrogens is 416 g/mol. The summed E-state index contributed by atoms with van der Waals surface area (Å²) in [6.45, 7) is 5.67. The number of pyridine rings is 1. The van der Waals surface area contributed by atoms with Crippen LogP contribution in [0.3, 0.4) is 0 Å². The number of rotatable bonds is 9. The third-order valence-corrected chi connectivity index (χ3v) is 6.33. The van der Waals surface area contributed by atoms with Gasteiger partial charge in [-0.2, -0.15) is 0 Å². The first-order chi connectivity index (χ1) is 16.1. The molecule has 0 saturated carbocycles. The number of methoxy groups -OCH3 is 1.